The van der Waals surface area contributed by atoms with Crippen LogP contribution >= 0.6 is 0 Å². The number of nitrogen functional groups attached to an aromatic ring is 1. The molecule has 3 rings (SSSR count). The van der Waals surface area contributed by atoms with E-state index in [9.17, 15) is 4.39 Å². The average Bonchev–Trinajstić information content (AvgIpc) is 2.88. The van der Waals surface area contributed by atoms with Gasteiger partial charge in [0.1, 0.15) is 5.82 Å². The summed E-state index contributed by atoms with van der Waals surface area (Å²) in [4.78, 5) is 0. The molecule has 1 aliphatic carbocycles. The second-order valence-electron chi connectivity index (χ2n) is 5.43. The predicted molar refractivity (Wildman–Crippen MR) is 74.2 cm³/mol. The second-order valence-corrected chi connectivity index (χ2v) is 5.43. The molecule has 0 radical (unpaired) electrons. The van der Waals surface area contributed by atoms with Crippen molar-refractivity contribution in [2.24, 2.45) is 5.92 Å². The predicted octanol–water partition coefficient (Wildman–Crippen LogP) is 2.64. The molecular formula is C14H18FN5. The maximum atomic E-state index is 14.0. The van der Waals surface area contributed by atoms with Gasteiger partial charge in [0, 0.05) is 12.2 Å². The van der Waals surface area contributed by atoms with Crippen molar-refractivity contribution in [3.8, 4) is 11.4 Å². The summed E-state index contributed by atoms with van der Waals surface area (Å²) in [6.45, 7) is 0.756. The van der Waals surface area contributed by atoms with Crippen LogP contribution in [-0.2, 0) is 6.54 Å². The third-order valence-corrected chi connectivity index (χ3v) is 3.92. The van der Waals surface area contributed by atoms with Crippen LogP contribution in [0.15, 0.2) is 18.2 Å². The van der Waals surface area contributed by atoms with E-state index in [2.05, 4.69) is 15.5 Å². The maximum absolute atomic E-state index is 14.0. The van der Waals surface area contributed by atoms with E-state index >= 15 is 0 Å². The number of benzene rings is 1. The van der Waals surface area contributed by atoms with Gasteiger partial charge in [0.05, 0.1) is 5.56 Å². The fourth-order valence-electron chi connectivity index (χ4n) is 2.85. The number of nitrogens with zero attached hydrogens (tertiary/aromatic N) is 4. The number of rotatable bonds is 3. The zero-order valence-electron chi connectivity index (χ0n) is 11.3. The third-order valence-electron chi connectivity index (χ3n) is 3.92. The normalized spacial score (nSPS) is 16.4. The Bertz CT molecular complexity index is 589. The van der Waals surface area contributed by atoms with Crippen LogP contribution in [0.4, 0.5) is 10.1 Å². The molecular weight excluding hydrogens is 257 g/mol. The summed E-state index contributed by atoms with van der Waals surface area (Å²) in [5.41, 5.74) is 6.37. The number of nitrogens with two attached hydrogens (primary N) is 1. The summed E-state index contributed by atoms with van der Waals surface area (Å²) in [6.07, 6.45) is 6.23. The highest BCUT2D eigenvalue weighted by Gasteiger charge is 2.19. The zero-order valence-corrected chi connectivity index (χ0v) is 11.3. The summed E-state index contributed by atoms with van der Waals surface area (Å²) >= 11 is 0. The molecule has 5 nitrogen and oxygen atoms in total. The number of hydrogen-bond donors (Lipinski definition) is 1. The summed E-state index contributed by atoms with van der Waals surface area (Å²) in [6, 6.07) is 4.60. The van der Waals surface area contributed by atoms with Gasteiger partial charge in [-0.15, -0.1) is 5.10 Å². The molecule has 1 aromatic carbocycles. The molecule has 0 atom stereocenters. The van der Waals surface area contributed by atoms with Crippen LogP contribution in [0.5, 0.6) is 0 Å². The Morgan fingerprint density at radius 2 is 2.05 bits per heavy atom. The van der Waals surface area contributed by atoms with Crippen molar-refractivity contribution in [3.63, 3.8) is 0 Å². The molecule has 1 aromatic heterocycles. The van der Waals surface area contributed by atoms with Crippen molar-refractivity contribution in [2.45, 2.75) is 38.6 Å². The van der Waals surface area contributed by atoms with Crippen LogP contribution < -0.4 is 5.73 Å². The first kappa shape index (κ1) is 13.0. The van der Waals surface area contributed by atoms with E-state index in [0.717, 1.165) is 6.54 Å². The van der Waals surface area contributed by atoms with Gasteiger partial charge in [-0.2, -0.15) is 0 Å². The molecule has 0 unspecified atom stereocenters. The first-order chi connectivity index (χ1) is 9.74. The SMILES string of the molecule is Nc1ccc(-c2nnnn2CC2CCCCC2)c(F)c1. The van der Waals surface area contributed by atoms with Crippen LogP contribution in [0.25, 0.3) is 11.4 Å². The molecule has 106 valence electrons. The molecule has 0 amide bonds. The Kier molecular flexibility index (Phi) is 3.62. The van der Waals surface area contributed by atoms with Gasteiger partial charge in [-0.1, -0.05) is 19.3 Å². The van der Waals surface area contributed by atoms with Crippen LogP contribution in [0.1, 0.15) is 32.1 Å². The van der Waals surface area contributed by atoms with Crippen LogP contribution in [0.2, 0.25) is 0 Å². The summed E-state index contributed by atoms with van der Waals surface area (Å²) in [5.74, 6) is 0.681. The van der Waals surface area contributed by atoms with Crippen LogP contribution in [0.3, 0.4) is 0 Å². The van der Waals surface area contributed by atoms with E-state index in [-0.39, 0.29) is 5.82 Å². The highest BCUT2D eigenvalue weighted by Crippen LogP contribution is 2.27. The Hall–Kier alpha value is -1.98. The van der Waals surface area contributed by atoms with Crippen LogP contribution in [-0.4, -0.2) is 20.2 Å². The molecule has 1 heterocycles. The lowest BCUT2D eigenvalue weighted by Gasteiger charge is -2.21. The minimum absolute atomic E-state index is 0.385. The molecule has 0 aliphatic heterocycles. The number of hydrogen-bond acceptors (Lipinski definition) is 4. The quantitative estimate of drug-likeness (QED) is 0.874. The summed E-state index contributed by atoms with van der Waals surface area (Å²) in [7, 11) is 0. The topological polar surface area (TPSA) is 69.6 Å². The standard InChI is InChI=1S/C14H18FN5/c15-13-8-11(16)6-7-12(13)14-17-18-19-20(14)9-10-4-2-1-3-5-10/h6-8,10H,1-5,9,16H2. The van der Waals surface area contributed by atoms with Crippen LogP contribution in [0, 0.1) is 11.7 Å². The van der Waals surface area contributed by atoms with E-state index in [4.69, 9.17) is 5.73 Å². The molecule has 2 aromatic rings. The van der Waals surface area contributed by atoms with E-state index in [1.165, 1.54) is 38.2 Å². The van der Waals surface area contributed by atoms with Gasteiger partial charge in [0.25, 0.3) is 0 Å². The molecule has 1 saturated carbocycles. The minimum atomic E-state index is -0.385. The largest absolute Gasteiger partial charge is 0.399 e. The van der Waals surface area contributed by atoms with Crippen molar-refractivity contribution in [2.75, 3.05) is 5.73 Å². The molecule has 20 heavy (non-hydrogen) atoms. The molecule has 0 bridgehead atoms. The van der Waals surface area contributed by atoms with Crippen molar-refractivity contribution < 1.29 is 4.39 Å². The monoisotopic (exact) mass is 275 g/mol. The fraction of sp³-hybridized carbons (Fsp3) is 0.500. The van der Waals surface area contributed by atoms with Gasteiger partial charge in [0.2, 0.25) is 0 Å². The van der Waals surface area contributed by atoms with Crippen molar-refractivity contribution in [1.29, 1.82) is 0 Å². The Balaban J connectivity index is 1.85. The van der Waals surface area contributed by atoms with Crippen molar-refractivity contribution in [3.05, 3.63) is 24.0 Å². The van der Waals surface area contributed by atoms with Gasteiger partial charge >= 0.3 is 0 Å². The lowest BCUT2D eigenvalue weighted by Crippen LogP contribution is -2.16. The number of anilines is 1. The molecule has 6 heteroatoms. The smallest absolute Gasteiger partial charge is 0.184 e. The lowest BCUT2D eigenvalue weighted by atomic mass is 9.89. The second kappa shape index (κ2) is 5.56. The maximum Gasteiger partial charge on any atom is 0.184 e. The highest BCUT2D eigenvalue weighted by molar-refractivity contribution is 5.59. The van der Waals surface area contributed by atoms with Gasteiger partial charge in [-0.25, -0.2) is 9.07 Å². The first-order valence-corrected chi connectivity index (χ1v) is 7.05. The highest BCUT2D eigenvalue weighted by atomic mass is 19.1. The van der Waals surface area contributed by atoms with Crippen molar-refractivity contribution in [1.82, 2.24) is 20.2 Å². The molecule has 0 spiro atoms. The van der Waals surface area contributed by atoms with Gasteiger partial charge in [-0.3, -0.25) is 0 Å². The number of aromatic nitrogens is 4. The van der Waals surface area contributed by atoms with Gasteiger partial charge < -0.3 is 5.73 Å². The number of halogens is 1. The number of tetrazole rings is 1. The van der Waals surface area contributed by atoms with Gasteiger partial charge in [-0.05, 0) is 47.4 Å². The van der Waals surface area contributed by atoms with Gasteiger partial charge in [0.15, 0.2) is 5.82 Å². The molecule has 2 N–H and O–H groups in total. The molecule has 1 aliphatic rings. The molecule has 1 fully saturated rings. The van der Waals surface area contributed by atoms with E-state index in [1.54, 1.807) is 16.8 Å². The summed E-state index contributed by atoms with van der Waals surface area (Å²) < 4.78 is 15.7. The van der Waals surface area contributed by atoms with E-state index < -0.39 is 0 Å². The summed E-state index contributed by atoms with van der Waals surface area (Å²) in [5, 5.41) is 11.7. The first-order valence-electron chi connectivity index (χ1n) is 7.05. The lowest BCUT2D eigenvalue weighted by molar-refractivity contribution is 0.307. The zero-order chi connectivity index (χ0) is 13.9. The Labute approximate surface area is 117 Å². The van der Waals surface area contributed by atoms with E-state index in [1.807, 2.05) is 0 Å². The minimum Gasteiger partial charge on any atom is -0.399 e. The Morgan fingerprint density at radius 3 is 2.80 bits per heavy atom. The fourth-order valence-corrected chi connectivity index (χ4v) is 2.85. The third kappa shape index (κ3) is 2.64. The average molecular weight is 275 g/mol. The van der Waals surface area contributed by atoms with E-state index in [0.29, 0.717) is 23.0 Å². The Morgan fingerprint density at radius 1 is 1.25 bits per heavy atom. The van der Waals surface area contributed by atoms with Crippen molar-refractivity contribution >= 4 is 5.69 Å². The molecule has 0 saturated heterocycles.